The number of benzene rings is 1. The third-order valence-corrected chi connectivity index (χ3v) is 4.23. The molecule has 0 fully saturated rings. The van der Waals surface area contributed by atoms with Crippen LogP contribution in [0.15, 0.2) is 18.2 Å². The van der Waals surface area contributed by atoms with Crippen LogP contribution in [0.1, 0.15) is 36.9 Å². The van der Waals surface area contributed by atoms with E-state index in [1.165, 1.54) is 5.56 Å². The van der Waals surface area contributed by atoms with E-state index in [2.05, 4.69) is 27.3 Å². The molecule has 98 valence electrons. The number of hydrogen-bond donors (Lipinski definition) is 1. The standard InChI is InChI=1S/C14H18BrNO2/c1-3-11(15)14(17)16-12-6-7-18-13-5-4-9(2)8-10(12)13/h4-5,8,11-12H,3,6-7H2,1-2H3,(H,16,17). The SMILES string of the molecule is CCC(Br)C(=O)NC1CCOc2ccc(C)cc21. The van der Waals surface area contributed by atoms with Crippen LogP contribution in [0.4, 0.5) is 0 Å². The number of carbonyl (C=O) groups excluding carboxylic acids is 1. The van der Waals surface area contributed by atoms with Crippen LogP contribution < -0.4 is 10.1 Å². The van der Waals surface area contributed by atoms with Crippen LogP contribution in [0, 0.1) is 6.92 Å². The number of amides is 1. The Balaban J connectivity index is 2.17. The first kappa shape index (κ1) is 13.4. The van der Waals surface area contributed by atoms with E-state index < -0.39 is 0 Å². The van der Waals surface area contributed by atoms with E-state index in [9.17, 15) is 4.79 Å². The lowest BCUT2D eigenvalue weighted by Crippen LogP contribution is -2.36. The molecule has 3 nitrogen and oxygen atoms in total. The van der Waals surface area contributed by atoms with Gasteiger partial charge in [-0.1, -0.05) is 40.5 Å². The van der Waals surface area contributed by atoms with E-state index >= 15 is 0 Å². The fourth-order valence-corrected chi connectivity index (χ4v) is 2.24. The van der Waals surface area contributed by atoms with Crippen LogP contribution in [0.25, 0.3) is 0 Å². The largest absolute Gasteiger partial charge is 0.493 e. The molecule has 0 bridgehead atoms. The number of aryl methyl sites for hydroxylation is 1. The molecular weight excluding hydrogens is 294 g/mol. The van der Waals surface area contributed by atoms with Gasteiger partial charge in [0.25, 0.3) is 0 Å². The monoisotopic (exact) mass is 311 g/mol. The van der Waals surface area contributed by atoms with Crippen LogP contribution in [0.5, 0.6) is 5.75 Å². The van der Waals surface area contributed by atoms with Crippen LogP contribution in [-0.4, -0.2) is 17.3 Å². The van der Waals surface area contributed by atoms with Crippen molar-refractivity contribution in [3.8, 4) is 5.75 Å². The number of halogens is 1. The van der Waals surface area contributed by atoms with Gasteiger partial charge in [0.15, 0.2) is 0 Å². The van der Waals surface area contributed by atoms with Gasteiger partial charge in [0.1, 0.15) is 5.75 Å². The molecule has 0 aromatic heterocycles. The van der Waals surface area contributed by atoms with Crippen LogP contribution >= 0.6 is 15.9 Å². The second-order valence-corrected chi connectivity index (χ2v) is 5.72. The summed E-state index contributed by atoms with van der Waals surface area (Å²) in [5, 5.41) is 3.09. The third-order valence-electron chi connectivity index (χ3n) is 3.16. The van der Waals surface area contributed by atoms with Gasteiger partial charge in [-0.3, -0.25) is 4.79 Å². The summed E-state index contributed by atoms with van der Waals surface area (Å²) >= 11 is 3.38. The molecule has 4 heteroatoms. The smallest absolute Gasteiger partial charge is 0.234 e. The Bertz CT molecular complexity index is 447. The predicted molar refractivity (Wildman–Crippen MR) is 75.2 cm³/mol. The van der Waals surface area contributed by atoms with Crippen molar-refractivity contribution in [2.75, 3.05) is 6.61 Å². The van der Waals surface area contributed by atoms with Gasteiger partial charge in [-0.2, -0.15) is 0 Å². The minimum atomic E-state index is -0.117. The van der Waals surface area contributed by atoms with E-state index in [0.29, 0.717) is 6.61 Å². The van der Waals surface area contributed by atoms with E-state index in [1.807, 2.05) is 26.0 Å². The van der Waals surface area contributed by atoms with Crippen molar-refractivity contribution in [2.24, 2.45) is 0 Å². The van der Waals surface area contributed by atoms with Crippen LogP contribution in [0.3, 0.4) is 0 Å². The summed E-state index contributed by atoms with van der Waals surface area (Å²) in [5.74, 6) is 0.941. The first-order valence-corrected chi connectivity index (χ1v) is 7.21. The summed E-state index contributed by atoms with van der Waals surface area (Å²) in [5.41, 5.74) is 2.27. The van der Waals surface area contributed by atoms with Gasteiger partial charge in [-0.05, 0) is 19.4 Å². The van der Waals surface area contributed by atoms with Crippen molar-refractivity contribution < 1.29 is 9.53 Å². The molecule has 0 saturated carbocycles. The van der Waals surface area contributed by atoms with Crippen LogP contribution in [0.2, 0.25) is 0 Å². The Labute approximate surface area is 116 Å². The highest BCUT2D eigenvalue weighted by molar-refractivity contribution is 9.10. The normalized spacial score (nSPS) is 19.6. The van der Waals surface area contributed by atoms with E-state index in [0.717, 1.165) is 24.2 Å². The number of carbonyl (C=O) groups is 1. The molecule has 1 amide bonds. The van der Waals surface area contributed by atoms with Gasteiger partial charge in [0.05, 0.1) is 17.5 Å². The fraction of sp³-hybridized carbons (Fsp3) is 0.500. The number of fused-ring (bicyclic) bond motifs is 1. The second kappa shape index (κ2) is 5.74. The Hall–Kier alpha value is -1.03. The summed E-state index contributed by atoms with van der Waals surface area (Å²) in [7, 11) is 0. The summed E-state index contributed by atoms with van der Waals surface area (Å²) < 4.78 is 5.61. The summed E-state index contributed by atoms with van der Waals surface area (Å²) in [6.45, 7) is 4.69. The minimum absolute atomic E-state index is 0.0526. The second-order valence-electron chi connectivity index (χ2n) is 4.62. The first-order valence-electron chi connectivity index (χ1n) is 6.29. The van der Waals surface area contributed by atoms with Crippen molar-refractivity contribution in [3.05, 3.63) is 29.3 Å². The first-order chi connectivity index (χ1) is 8.61. The highest BCUT2D eigenvalue weighted by atomic mass is 79.9. The highest BCUT2D eigenvalue weighted by Crippen LogP contribution is 2.32. The summed E-state index contributed by atoms with van der Waals surface area (Å²) in [6, 6.07) is 6.17. The van der Waals surface area contributed by atoms with Crippen LogP contribution in [-0.2, 0) is 4.79 Å². The number of rotatable bonds is 3. The van der Waals surface area contributed by atoms with E-state index in [1.54, 1.807) is 0 Å². The lowest BCUT2D eigenvalue weighted by molar-refractivity contribution is -0.121. The van der Waals surface area contributed by atoms with E-state index in [-0.39, 0.29) is 16.8 Å². The molecule has 1 heterocycles. The highest BCUT2D eigenvalue weighted by Gasteiger charge is 2.24. The quantitative estimate of drug-likeness (QED) is 0.871. The molecular formula is C14H18BrNO2. The van der Waals surface area contributed by atoms with E-state index in [4.69, 9.17) is 4.74 Å². The molecule has 0 saturated heterocycles. The minimum Gasteiger partial charge on any atom is -0.493 e. The van der Waals surface area contributed by atoms with Gasteiger partial charge in [-0.25, -0.2) is 0 Å². The molecule has 1 N–H and O–H groups in total. The maximum absolute atomic E-state index is 11.9. The summed E-state index contributed by atoms with van der Waals surface area (Å²) in [6.07, 6.45) is 1.61. The average molecular weight is 312 g/mol. The molecule has 2 unspecified atom stereocenters. The third kappa shape index (κ3) is 2.86. The lowest BCUT2D eigenvalue weighted by Gasteiger charge is -2.27. The molecule has 1 aliphatic heterocycles. The van der Waals surface area contributed by atoms with Crippen molar-refractivity contribution in [1.29, 1.82) is 0 Å². The molecule has 1 aromatic carbocycles. The zero-order valence-electron chi connectivity index (χ0n) is 10.7. The number of nitrogens with one attached hydrogen (secondary N) is 1. The van der Waals surface area contributed by atoms with Crippen molar-refractivity contribution in [1.82, 2.24) is 5.32 Å². The molecule has 0 radical (unpaired) electrons. The predicted octanol–water partition coefficient (Wildman–Crippen LogP) is 3.11. The van der Waals surface area contributed by atoms with Crippen molar-refractivity contribution in [3.63, 3.8) is 0 Å². The zero-order valence-corrected chi connectivity index (χ0v) is 12.3. The summed E-state index contributed by atoms with van der Waals surface area (Å²) in [4.78, 5) is 11.8. The lowest BCUT2D eigenvalue weighted by atomic mass is 9.98. The molecule has 18 heavy (non-hydrogen) atoms. The maximum Gasteiger partial charge on any atom is 0.234 e. The van der Waals surface area contributed by atoms with Gasteiger partial charge in [0, 0.05) is 12.0 Å². The van der Waals surface area contributed by atoms with Crippen molar-refractivity contribution in [2.45, 2.75) is 37.6 Å². The maximum atomic E-state index is 11.9. The Morgan fingerprint density at radius 2 is 2.39 bits per heavy atom. The zero-order chi connectivity index (χ0) is 13.1. The van der Waals surface area contributed by atoms with Crippen molar-refractivity contribution >= 4 is 21.8 Å². The van der Waals surface area contributed by atoms with Gasteiger partial charge in [-0.15, -0.1) is 0 Å². The average Bonchev–Trinajstić information content (AvgIpc) is 2.38. The molecule has 2 atom stereocenters. The topological polar surface area (TPSA) is 38.3 Å². The molecule has 2 rings (SSSR count). The number of alkyl halides is 1. The Kier molecular flexibility index (Phi) is 4.27. The van der Waals surface area contributed by atoms with Gasteiger partial charge in [0.2, 0.25) is 5.91 Å². The Morgan fingerprint density at radius 3 is 3.11 bits per heavy atom. The fourth-order valence-electron chi connectivity index (χ4n) is 2.11. The molecule has 1 aliphatic rings. The number of ether oxygens (including phenoxy) is 1. The molecule has 1 aromatic rings. The van der Waals surface area contributed by atoms with Gasteiger partial charge >= 0.3 is 0 Å². The van der Waals surface area contributed by atoms with Gasteiger partial charge < -0.3 is 10.1 Å². The molecule has 0 spiro atoms. The number of hydrogen-bond acceptors (Lipinski definition) is 2. The molecule has 0 aliphatic carbocycles. The Morgan fingerprint density at radius 1 is 1.61 bits per heavy atom.